The molecule has 114 valence electrons. The number of thiophene rings is 1. The highest BCUT2D eigenvalue weighted by Gasteiger charge is 2.21. The zero-order chi connectivity index (χ0) is 15.4. The fraction of sp³-hybridized carbons (Fsp3) is 0.467. The van der Waals surface area contributed by atoms with Crippen molar-refractivity contribution in [3.63, 3.8) is 0 Å². The number of amides is 2. The number of nitrogens with zero attached hydrogens (tertiary/aromatic N) is 3. The largest absolute Gasteiger partial charge is 0.330 e. The van der Waals surface area contributed by atoms with E-state index in [2.05, 4.69) is 30.3 Å². The average Bonchev–Trinajstić information content (AvgIpc) is 3.07. The summed E-state index contributed by atoms with van der Waals surface area (Å²) < 4.78 is 1.74. The van der Waals surface area contributed by atoms with Crippen LogP contribution in [-0.2, 0) is 13.6 Å². The van der Waals surface area contributed by atoms with Gasteiger partial charge < -0.3 is 10.2 Å². The molecule has 2 aromatic rings. The van der Waals surface area contributed by atoms with E-state index >= 15 is 0 Å². The minimum Gasteiger partial charge on any atom is -0.330 e. The van der Waals surface area contributed by atoms with Crippen molar-refractivity contribution in [2.75, 3.05) is 7.05 Å². The van der Waals surface area contributed by atoms with Crippen molar-refractivity contribution in [2.24, 2.45) is 13.0 Å². The summed E-state index contributed by atoms with van der Waals surface area (Å²) in [5, 5.41) is 9.27. The predicted octanol–water partition coefficient (Wildman–Crippen LogP) is 3.02. The minimum absolute atomic E-state index is 0.0499. The lowest BCUT2D eigenvalue weighted by Crippen LogP contribution is -2.40. The number of carbonyl (C=O) groups excluding carboxylic acids is 1. The van der Waals surface area contributed by atoms with E-state index in [1.165, 1.54) is 4.88 Å². The fourth-order valence-corrected chi connectivity index (χ4v) is 3.13. The lowest BCUT2D eigenvalue weighted by atomic mass is 10.0. The first-order valence-corrected chi connectivity index (χ1v) is 7.88. The number of aryl methyl sites for hydroxylation is 1. The van der Waals surface area contributed by atoms with E-state index in [0.29, 0.717) is 12.5 Å². The van der Waals surface area contributed by atoms with Crippen molar-refractivity contribution in [3.8, 4) is 0 Å². The molecule has 6 heteroatoms. The SMILES string of the molecule is CC(C)C(NC(=O)N(C)Cc1cnn(C)c1)c1cccs1. The fourth-order valence-electron chi connectivity index (χ4n) is 2.18. The number of carbonyl (C=O) groups is 1. The Morgan fingerprint density at radius 1 is 1.52 bits per heavy atom. The molecule has 1 atom stereocenters. The van der Waals surface area contributed by atoms with Crippen molar-refractivity contribution in [3.05, 3.63) is 40.3 Å². The van der Waals surface area contributed by atoms with E-state index in [-0.39, 0.29) is 12.1 Å². The van der Waals surface area contributed by atoms with Crippen LogP contribution < -0.4 is 5.32 Å². The Morgan fingerprint density at radius 3 is 2.81 bits per heavy atom. The first-order valence-electron chi connectivity index (χ1n) is 7.00. The van der Waals surface area contributed by atoms with Crippen molar-refractivity contribution in [1.82, 2.24) is 20.0 Å². The summed E-state index contributed by atoms with van der Waals surface area (Å²) in [7, 11) is 3.67. The van der Waals surface area contributed by atoms with Gasteiger partial charge in [0.15, 0.2) is 0 Å². The second kappa shape index (κ2) is 6.76. The Labute approximate surface area is 129 Å². The molecule has 0 aliphatic carbocycles. The lowest BCUT2D eigenvalue weighted by molar-refractivity contribution is 0.199. The normalized spacial score (nSPS) is 12.4. The molecule has 0 saturated heterocycles. The first kappa shape index (κ1) is 15.6. The van der Waals surface area contributed by atoms with E-state index in [1.54, 1.807) is 34.2 Å². The zero-order valence-corrected chi connectivity index (χ0v) is 13.7. The first-order chi connectivity index (χ1) is 9.97. The summed E-state index contributed by atoms with van der Waals surface area (Å²) in [6, 6.07) is 4.07. The van der Waals surface area contributed by atoms with Gasteiger partial charge in [0.25, 0.3) is 0 Å². The van der Waals surface area contributed by atoms with Crippen LogP contribution in [0, 0.1) is 5.92 Å². The molecule has 0 fully saturated rings. The summed E-state index contributed by atoms with van der Waals surface area (Å²) in [5.74, 6) is 0.347. The third kappa shape index (κ3) is 4.07. The highest BCUT2D eigenvalue weighted by molar-refractivity contribution is 7.10. The van der Waals surface area contributed by atoms with Crippen molar-refractivity contribution in [1.29, 1.82) is 0 Å². The van der Waals surface area contributed by atoms with Crippen LogP contribution in [0.5, 0.6) is 0 Å². The monoisotopic (exact) mass is 306 g/mol. The molecule has 5 nitrogen and oxygen atoms in total. The Bertz CT molecular complexity index is 576. The smallest absolute Gasteiger partial charge is 0.317 e. The van der Waals surface area contributed by atoms with Crippen LogP contribution in [0.4, 0.5) is 4.79 Å². The third-order valence-electron chi connectivity index (χ3n) is 3.32. The molecule has 0 bridgehead atoms. The van der Waals surface area contributed by atoms with E-state index in [0.717, 1.165) is 5.56 Å². The standard InChI is InChI=1S/C15H22N4OS/c1-11(2)14(13-6-5-7-21-13)17-15(20)18(3)9-12-8-16-19(4)10-12/h5-8,10-11,14H,9H2,1-4H3,(H,17,20). The Balaban J connectivity index is 1.98. The zero-order valence-electron chi connectivity index (χ0n) is 12.9. The molecule has 0 radical (unpaired) electrons. The third-order valence-corrected chi connectivity index (χ3v) is 4.28. The maximum atomic E-state index is 12.4. The van der Waals surface area contributed by atoms with Crippen LogP contribution in [0.15, 0.2) is 29.9 Å². The number of rotatable bonds is 5. The number of urea groups is 1. The molecule has 1 unspecified atom stereocenters. The van der Waals surface area contributed by atoms with E-state index in [9.17, 15) is 4.79 Å². The van der Waals surface area contributed by atoms with Gasteiger partial charge in [-0.1, -0.05) is 19.9 Å². The Hall–Kier alpha value is -1.82. The maximum absolute atomic E-state index is 12.4. The number of nitrogens with one attached hydrogen (secondary N) is 1. The lowest BCUT2D eigenvalue weighted by Gasteiger charge is -2.25. The molecule has 0 aromatic carbocycles. The molecule has 2 aromatic heterocycles. The predicted molar refractivity (Wildman–Crippen MR) is 85.1 cm³/mol. The number of aromatic nitrogens is 2. The molecule has 0 spiro atoms. The Kier molecular flexibility index (Phi) is 5.01. The summed E-state index contributed by atoms with van der Waals surface area (Å²) in [5.41, 5.74) is 1.02. The summed E-state index contributed by atoms with van der Waals surface area (Å²) >= 11 is 1.67. The second-order valence-corrected chi connectivity index (χ2v) is 6.54. The summed E-state index contributed by atoms with van der Waals surface area (Å²) in [6.07, 6.45) is 3.70. The van der Waals surface area contributed by atoms with Crippen LogP contribution in [-0.4, -0.2) is 27.8 Å². The van der Waals surface area contributed by atoms with Crippen molar-refractivity contribution in [2.45, 2.75) is 26.4 Å². The molecule has 0 aliphatic rings. The highest BCUT2D eigenvalue weighted by Crippen LogP contribution is 2.25. The van der Waals surface area contributed by atoms with Gasteiger partial charge in [0.05, 0.1) is 18.8 Å². The van der Waals surface area contributed by atoms with Crippen LogP contribution in [0.25, 0.3) is 0 Å². The molecule has 2 amide bonds. The molecular formula is C15H22N4OS. The summed E-state index contributed by atoms with van der Waals surface area (Å²) in [6.45, 7) is 4.78. The molecule has 21 heavy (non-hydrogen) atoms. The van der Waals surface area contributed by atoms with Gasteiger partial charge in [-0.2, -0.15) is 5.10 Å². The van der Waals surface area contributed by atoms with Gasteiger partial charge in [0, 0.05) is 30.7 Å². The molecule has 1 N–H and O–H groups in total. The van der Waals surface area contributed by atoms with Crippen LogP contribution >= 0.6 is 11.3 Å². The summed E-state index contributed by atoms with van der Waals surface area (Å²) in [4.78, 5) is 15.2. The molecule has 2 heterocycles. The van der Waals surface area contributed by atoms with Crippen molar-refractivity contribution >= 4 is 17.4 Å². The van der Waals surface area contributed by atoms with Crippen molar-refractivity contribution < 1.29 is 4.79 Å². The highest BCUT2D eigenvalue weighted by atomic mass is 32.1. The van der Waals surface area contributed by atoms with Gasteiger partial charge in [-0.05, 0) is 17.4 Å². The van der Waals surface area contributed by atoms with Gasteiger partial charge in [-0.3, -0.25) is 4.68 Å². The second-order valence-electron chi connectivity index (χ2n) is 5.56. The quantitative estimate of drug-likeness (QED) is 0.923. The molecular weight excluding hydrogens is 284 g/mol. The van der Waals surface area contributed by atoms with Gasteiger partial charge in [-0.15, -0.1) is 11.3 Å². The van der Waals surface area contributed by atoms with Gasteiger partial charge in [0.2, 0.25) is 0 Å². The number of hydrogen-bond donors (Lipinski definition) is 1. The molecule has 0 aliphatic heterocycles. The van der Waals surface area contributed by atoms with Gasteiger partial charge in [0.1, 0.15) is 0 Å². The van der Waals surface area contributed by atoms with Crippen LogP contribution in [0.3, 0.4) is 0 Å². The van der Waals surface area contributed by atoms with Gasteiger partial charge in [-0.25, -0.2) is 4.79 Å². The average molecular weight is 306 g/mol. The van der Waals surface area contributed by atoms with E-state index in [1.807, 2.05) is 24.7 Å². The molecule has 2 rings (SSSR count). The number of hydrogen-bond acceptors (Lipinski definition) is 3. The van der Waals surface area contributed by atoms with E-state index < -0.39 is 0 Å². The minimum atomic E-state index is -0.0639. The van der Waals surface area contributed by atoms with Crippen LogP contribution in [0.1, 0.15) is 30.3 Å². The Morgan fingerprint density at radius 2 is 2.29 bits per heavy atom. The van der Waals surface area contributed by atoms with Crippen LogP contribution in [0.2, 0.25) is 0 Å². The van der Waals surface area contributed by atoms with Gasteiger partial charge >= 0.3 is 6.03 Å². The topological polar surface area (TPSA) is 50.2 Å². The molecule has 0 saturated carbocycles. The maximum Gasteiger partial charge on any atom is 0.317 e. The van der Waals surface area contributed by atoms with E-state index in [4.69, 9.17) is 0 Å².